The van der Waals surface area contributed by atoms with E-state index < -0.39 is 0 Å². The Hall–Kier alpha value is -0.460. The highest BCUT2D eigenvalue weighted by molar-refractivity contribution is 5.02. The number of hydrogen-bond donors (Lipinski definition) is 0. The lowest BCUT2D eigenvalue weighted by atomic mass is 10.0. The van der Waals surface area contributed by atoms with Gasteiger partial charge in [-0.15, -0.1) is 0 Å². The van der Waals surface area contributed by atoms with Crippen molar-refractivity contribution in [1.82, 2.24) is 4.90 Å². The molecule has 0 aliphatic carbocycles. The molecule has 1 heterocycles. The third-order valence-electron chi connectivity index (χ3n) is 2.31. The maximum atomic E-state index is 2.47. The average Bonchev–Trinajstić information content (AvgIpc) is 2.31. The Balaban J connectivity index is 2.63. The molecule has 0 amide bonds. The normalized spacial score (nSPS) is 24.7. The van der Waals surface area contributed by atoms with Crippen LogP contribution in [0, 0.1) is 0 Å². The number of nitrogens with zero attached hydrogens (tertiary/aromatic N) is 1. The largest absolute Gasteiger partial charge is 0.370 e. The quantitative estimate of drug-likeness (QED) is 0.560. The fraction of sp³-hybridized carbons (Fsp3) is 0.800. The summed E-state index contributed by atoms with van der Waals surface area (Å²) in [6.45, 7) is 9.07. The fourth-order valence-corrected chi connectivity index (χ4v) is 1.70. The first-order valence-electron chi connectivity index (χ1n) is 4.51. The molecule has 1 nitrogen and oxygen atoms in total. The average molecular weight is 153 g/mol. The highest BCUT2D eigenvalue weighted by Gasteiger charge is 2.26. The van der Waals surface area contributed by atoms with Gasteiger partial charge in [0.15, 0.2) is 0 Å². The first-order chi connectivity index (χ1) is 5.05. The Bertz CT molecular complexity index is 153. The van der Waals surface area contributed by atoms with Crippen LogP contribution in [0.2, 0.25) is 0 Å². The lowest BCUT2D eigenvalue weighted by molar-refractivity contribution is 0.157. The van der Waals surface area contributed by atoms with Crippen molar-refractivity contribution in [2.24, 2.45) is 0 Å². The third-order valence-corrected chi connectivity index (χ3v) is 2.31. The molecule has 0 bridgehead atoms. The standard InChI is InChI=1S/C10H19N/c1-5-9-7-6-8-11(9)10(2,3)4/h6,8-9H,5,7H2,1-4H3/t9-/m1/s1. The molecule has 64 valence electrons. The molecule has 0 aromatic heterocycles. The summed E-state index contributed by atoms with van der Waals surface area (Å²) in [5, 5.41) is 0. The van der Waals surface area contributed by atoms with Gasteiger partial charge in [0.1, 0.15) is 0 Å². The van der Waals surface area contributed by atoms with Crippen LogP contribution in [0.15, 0.2) is 12.3 Å². The molecule has 1 rings (SSSR count). The molecule has 11 heavy (non-hydrogen) atoms. The van der Waals surface area contributed by atoms with Gasteiger partial charge in [-0.1, -0.05) is 13.0 Å². The van der Waals surface area contributed by atoms with Crippen molar-refractivity contribution >= 4 is 0 Å². The number of rotatable bonds is 1. The summed E-state index contributed by atoms with van der Waals surface area (Å²) in [6.07, 6.45) is 7.01. The Kier molecular flexibility index (Phi) is 2.26. The zero-order chi connectivity index (χ0) is 8.48. The molecular weight excluding hydrogens is 134 g/mol. The molecule has 0 aromatic rings. The first-order valence-corrected chi connectivity index (χ1v) is 4.51. The molecule has 0 saturated carbocycles. The molecule has 0 fully saturated rings. The topological polar surface area (TPSA) is 3.24 Å². The summed E-state index contributed by atoms with van der Waals surface area (Å²) >= 11 is 0. The van der Waals surface area contributed by atoms with E-state index in [1.165, 1.54) is 12.8 Å². The molecule has 1 heteroatoms. The van der Waals surface area contributed by atoms with Gasteiger partial charge in [-0.2, -0.15) is 0 Å². The van der Waals surface area contributed by atoms with Crippen LogP contribution in [0.5, 0.6) is 0 Å². The van der Waals surface area contributed by atoms with Gasteiger partial charge in [-0.25, -0.2) is 0 Å². The molecular formula is C10H19N. The van der Waals surface area contributed by atoms with Crippen LogP contribution < -0.4 is 0 Å². The van der Waals surface area contributed by atoms with Crippen molar-refractivity contribution < 1.29 is 0 Å². The Labute approximate surface area is 70.1 Å². The summed E-state index contributed by atoms with van der Waals surface area (Å²) in [5.41, 5.74) is 0.299. The van der Waals surface area contributed by atoms with Crippen molar-refractivity contribution in [1.29, 1.82) is 0 Å². The molecule has 0 unspecified atom stereocenters. The zero-order valence-corrected chi connectivity index (χ0v) is 8.09. The lowest BCUT2D eigenvalue weighted by Crippen LogP contribution is -2.41. The molecule has 0 aromatic carbocycles. The van der Waals surface area contributed by atoms with Crippen molar-refractivity contribution in [3.63, 3.8) is 0 Å². The van der Waals surface area contributed by atoms with E-state index in [-0.39, 0.29) is 0 Å². The smallest absolute Gasteiger partial charge is 0.0322 e. The Morgan fingerprint density at radius 3 is 2.45 bits per heavy atom. The summed E-state index contributed by atoms with van der Waals surface area (Å²) < 4.78 is 0. The summed E-state index contributed by atoms with van der Waals surface area (Å²) in [5.74, 6) is 0. The minimum atomic E-state index is 0.299. The molecule has 0 radical (unpaired) electrons. The van der Waals surface area contributed by atoms with Crippen LogP contribution in [0.4, 0.5) is 0 Å². The van der Waals surface area contributed by atoms with Gasteiger partial charge in [-0.05, 0) is 39.8 Å². The molecule has 1 atom stereocenters. The van der Waals surface area contributed by atoms with Gasteiger partial charge in [0.2, 0.25) is 0 Å². The lowest BCUT2D eigenvalue weighted by Gasteiger charge is -2.37. The second kappa shape index (κ2) is 2.88. The van der Waals surface area contributed by atoms with E-state index in [0.29, 0.717) is 5.54 Å². The van der Waals surface area contributed by atoms with Gasteiger partial charge >= 0.3 is 0 Å². The van der Waals surface area contributed by atoms with E-state index in [2.05, 4.69) is 44.9 Å². The van der Waals surface area contributed by atoms with Crippen LogP contribution in [0.25, 0.3) is 0 Å². The molecule has 1 aliphatic rings. The van der Waals surface area contributed by atoms with E-state index >= 15 is 0 Å². The maximum absolute atomic E-state index is 2.47. The van der Waals surface area contributed by atoms with Crippen molar-refractivity contribution in [3.05, 3.63) is 12.3 Å². The van der Waals surface area contributed by atoms with Crippen LogP contribution in [-0.2, 0) is 0 Å². The molecule has 1 aliphatic heterocycles. The predicted octanol–water partition coefficient (Wildman–Crippen LogP) is 2.78. The van der Waals surface area contributed by atoms with E-state index in [4.69, 9.17) is 0 Å². The van der Waals surface area contributed by atoms with Gasteiger partial charge < -0.3 is 4.90 Å². The molecule has 0 N–H and O–H groups in total. The summed E-state index contributed by atoms with van der Waals surface area (Å²) in [6, 6.07) is 0.745. The molecule has 0 saturated heterocycles. The van der Waals surface area contributed by atoms with Crippen LogP contribution in [0.1, 0.15) is 40.5 Å². The Morgan fingerprint density at radius 1 is 1.45 bits per heavy atom. The van der Waals surface area contributed by atoms with E-state index in [1.807, 2.05) is 0 Å². The fourth-order valence-electron chi connectivity index (χ4n) is 1.70. The molecule has 0 spiro atoms. The Morgan fingerprint density at radius 2 is 2.09 bits per heavy atom. The minimum Gasteiger partial charge on any atom is -0.370 e. The van der Waals surface area contributed by atoms with Crippen molar-refractivity contribution in [2.45, 2.75) is 52.1 Å². The van der Waals surface area contributed by atoms with Crippen LogP contribution >= 0.6 is 0 Å². The predicted molar refractivity (Wildman–Crippen MR) is 49.4 cm³/mol. The van der Waals surface area contributed by atoms with Gasteiger partial charge in [-0.3, -0.25) is 0 Å². The van der Waals surface area contributed by atoms with Crippen LogP contribution in [0.3, 0.4) is 0 Å². The van der Waals surface area contributed by atoms with Crippen molar-refractivity contribution in [2.75, 3.05) is 0 Å². The maximum Gasteiger partial charge on any atom is 0.0322 e. The SMILES string of the molecule is CC[C@@H]1CC=CN1C(C)(C)C. The van der Waals surface area contributed by atoms with Gasteiger partial charge in [0, 0.05) is 11.6 Å². The second-order valence-electron chi connectivity index (χ2n) is 4.26. The van der Waals surface area contributed by atoms with E-state index in [0.717, 1.165) is 6.04 Å². The third kappa shape index (κ3) is 1.76. The van der Waals surface area contributed by atoms with E-state index in [9.17, 15) is 0 Å². The highest BCUT2D eigenvalue weighted by atomic mass is 15.2. The monoisotopic (exact) mass is 153 g/mol. The summed E-state index contributed by atoms with van der Waals surface area (Å²) in [7, 11) is 0. The van der Waals surface area contributed by atoms with E-state index in [1.54, 1.807) is 0 Å². The minimum absolute atomic E-state index is 0.299. The van der Waals surface area contributed by atoms with Crippen LogP contribution in [-0.4, -0.2) is 16.5 Å². The first kappa shape index (κ1) is 8.63. The van der Waals surface area contributed by atoms with Gasteiger partial charge in [0.05, 0.1) is 0 Å². The van der Waals surface area contributed by atoms with Gasteiger partial charge in [0.25, 0.3) is 0 Å². The highest BCUT2D eigenvalue weighted by Crippen LogP contribution is 2.26. The van der Waals surface area contributed by atoms with Crippen molar-refractivity contribution in [3.8, 4) is 0 Å². The second-order valence-corrected chi connectivity index (χ2v) is 4.26. The number of hydrogen-bond acceptors (Lipinski definition) is 1. The summed E-state index contributed by atoms with van der Waals surface area (Å²) in [4.78, 5) is 2.47. The zero-order valence-electron chi connectivity index (χ0n) is 8.09.